The van der Waals surface area contributed by atoms with Gasteiger partial charge in [-0.05, 0) is 30.3 Å². The van der Waals surface area contributed by atoms with Gasteiger partial charge >= 0.3 is 0 Å². The summed E-state index contributed by atoms with van der Waals surface area (Å²) in [6.07, 6.45) is 3.36. The molecule has 7 nitrogen and oxygen atoms in total. The molecule has 150 valence electrons. The maximum Gasteiger partial charge on any atom is 0.291 e. The molecule has 0 radical (unpaired) electrons. The van der Waals surface area contributed by atoms with Crippen molar-refractivity contribution in [1.29, 1.82) is 0 Å². The molecule has 0 atom stereocenters. The van der Waals surface area contributed by atoms with Crippen molar-refractivity contribution in [1.82, 2.24) is 9.97 Å². The Balaban J connectivity index is 1.61. The summed E-state index contributed by atoms with van der Waals surface area (Å²) < 4.78 is 5.88. The molecule has 2 aromatic heterocycles. The van der Waals surface area contributed by atoms with E-state index >= 15 is 0 Å². The van der Waals surface area contributed by atoms with Crippen LogP contribution in [-0.4, -0.2) is 21.8 Å². The van der Waals surface area contributed by atoms with E-state index < -0.39 is 0 Å². The van der Waals surface area contributed by atoms with Gasteiger partial charge in [-0.15, -0.1) is 0 Å². The van der Waals surface area contributed by atoms with Crippen LogP contribution in [0.1, 0.15) is 23.0 Å². The van der Waals surface area contributed by atoms with Crippen LogP contribution >= 0.6 is 11.8 Å². The number of fused-ring (bicyclic) bond motifs is 1. The van der Waals surface area contributed by atoms with E-state index in [-0.39, 0.29) is 17.6 Å². The van der Waals surface area contributed by atoms with Crippen molar-refractivity contribution in [3.05, 3.63) is 78.3 Å². The number of aromatic nitrogens is 2. The summed E-state index contributed by atoms with van der Waals surface area (Å²) in [7, 11) is 0. The molecule has 0 aliphatic rings. The lowest BCUT2D eigenvalue weighted by Gasteiger charge is -2.08. The van der Waals surface area contributed by atoms with Crippen molar-refractivity contribution in [2.24, 2.45) is 0 Å². The molecular formula is C22H18N4O3S. The van der Waals surface area contributed by atoms with E-state index in [1.54, 1.807) is 42.7 Å². The van der Waals surface area contributed by atoms with E-state index in [2.05, 4.69) is 20.6 Å². The molecule has 0 bridgehead atoms. The zero-order valence-electron chi connectivity index (χ0n) is 16.1. The van der Waals surface area contributed by atoms with Crippen LogP contribution in [0.15, 0.2) is 76.6 Å². The number of carbonyl (C=O) groups is 2. The Morgan fingerprint density at radius 2 is 1.70 bits per heavy atom. The van der Waals surface area contributed by atoms with Crippen molar-refractivity contribution in [2.45, 2.75) is 17.8 Å². The molecular weight excluding hydrogens is 400 g/mol. The van der Waals surface area contributed by atoms with Crippen molar-refractivity contribution in [2.75, 3.05) is 10.6 Å². The lowest BCUT2D eigenvalue weighted by atomic mass is 10.1. The van der Waals surface area contributed by atoms with E-state index in [9.17, 15) is 9.59 Å². The van der Waals surface area contributed by atoms with Crippen molar-refractivity contribution >= 4 is 45.9 Å². The van der Waals surface area contributed by atoms with Crippen LogP contribution in [0.2, 0.25) is 0 Å². The number of anilines is 2. The minimum atomic E-state index is -0.365. The number of hydrogen-bond donors (Lipinski definition) is 2. The molecule has 0 fully saturated rings. The SMILES string of the molecule is CC(=O)Nc1cccc(NC(=O)c2oc3ccccc3c2CSc2ncccn2)c1. The summed E-state index contributed by atoms with van der Waals surface area (Å²) in [5.41, 5.74) is 2.57. The quantitative estimate of drug-likeness (QED) is 0.347. The summed E-state index contributed by atoms with van der Waals surface area (Å²) in [4.78, 5) is 32.7. The summed E-state index contributed by atoms with van der Waals surface area (Å²) in [6.45, 7) is 1.43. The molecule has 8 heteroatoms. The molecule has 0 aliphatic carbocycles. The van der Waals surface area contributed by atoms with E-state index in [0.29, 0.717) is 27.9 Å². The molecule has 0 spiro atoms. The van der Waals surface area contributed by atoms with Gasteiger partial charge in [0, 0.05) is 47.4 Å². The Morgan fingerprint density at radius 3 is 2.47 bits per heavy atom. The van der Waals surface area contributed by atoms with Gasteiger partial charge in [-0.25, -0.2) is 9.97 Å². The van der Waals surface area contributed by atoms with Crippen LogP contribution in [-0.2, 0) is 10.5 Å². The average Bonchev–Trinajstić information content (AvgIpc) is 3.11. The summed E-state index contributed by atoms with van der Waals surface area (Å²) in [6, 6.07) is 16.2. The molecule has 0 aliphatic heterocycles. The number of furan rings is 1. The summed E-state index contributed by atoms with van der Waals surface area (Å²) in [5, 5.41) is 7.04. The number of rotatable bonds is 6. The molecule has 2 heterocycles. The first-order valence-corrected chi connectivity index (χ1v) is 10.2. The lowest BCUT2D eigenvalue weighted by Crippen LogP contribution is -2.13. The van der Waals surface area contributed by atoms with Gasteiger partial charge in [0.2, 0.25) is 5.91 Å². The highest BCUT2D eigenvalue weighted by Gasteiger charge is 2.21. The number of hydrogen-bond acceptors (Lipinski definition) is 6. The van der Waals surface area contributed by atoms with Gasteiger partial charge in [0.05, 0.1) is 0 Å². The fraction of sp³-hybridized carbons (Fsp3) is 0.0909. The van der Waals surface area contributed by atoms with Gasteiger partial charge in [-0.1, -0.05) is 36.0 Å². The van der Waals surface area contributed by atoms with E-state index in [0.717, 1.165) is 10.9 Å². The maximum absolute atomic E-state index is 13.0. The van der Waals surface area contributed by atoms with E-state index in [1.807, 2.05) is 24.3 Å². The number of para-hydroxylation sites is 1. The standard InChI is InChI=1S/C22H18N4O3S/c1-14(27)25-15-6-4-7-16(12-15)26-21(28)20-18(13-30-22-23-10-5-11-24-22)17-8-2-3-9-19(17)29-20/h2-12H,13H2,1H3,(H,25,27)(H,26,28). The topological polar surface area (TPSA) is 97.1 Å². The fourth-order valence-corrected chi connectivity index (χ4v) is 3.82. The zero-order chi connectivity index (χ0) is 20.9. The predicted molar refractivity (Wildman–Crippen MR) is 117 cm³/mol. The van der Waals surface area contributed by atoms with Crippen LogP contribution < -0.4 is 10.6 Å². The molecule has 2 N–H and O–H groups in total. The van der Waals surface area contributed by atoms with Crippen LogP contribution in [0.5, 0.6) is 0 Å². The first-order chi connectivity index (χ1) is 14.6. The van der Waals surface area contributed by atoms with Gasteiger partial charge in [0.25, 0.3) is 5.91 Å². The van der Waals surface area contributed by atoms with Crippen LogP contribution in [0.4, 0.5) is 11.4 Å². The first kappa shape index (κ1) is 19.7. The molecule has 30 heavy (non-hydrogen) atoms. The molecule has 0 saturated carbocycles. The number of nitrogens with zero attached hydrogens (tertiary/aromatic N) is 2. The van der Waals surface area contributed by atoms with Crippen LogP contribution in [0.3, 0.4) is 0 Å². The fourth-order valence-electron chi connectivity index (χ4n) is 2.99. The first-order valence-electron chi connectivity index (χ1n) is 9.19. The second-order valence-corrected chi connectivity index (χ2v) is 7.38. The zero-order valence-corrected chi connectivity index (χ0v) is 16.9. The number of amides is 2. The highest BCUT2D eigenvalue weighted by Crippen LogP contribution is 2.31. The molecule has 2 amide bonds. The smallest absolute Gasteiger partial charge is 0.291 e. The Morgan fingerprint density at radius 1 is 0.967 bits per heavy atom. The molecule has 2 aromatic carbocycles. The van der Waals surface area contributed by atoms with Gasteiger partial charge < -0.3 is 15.1 Å². The van der Waals surface area contributed by atoms with Crippen LogP contribution in [0, 0.1) is 0 Å². The Hall–Kier alpha value is -3.65. The Kier molecular flexibility index (Phi) is 5.76. The minimum Gasteiger partial charge on any atom is -0.451 e. The second-order valence-electron chi connectivity index (χ2n) is 6.44. The largest absolute Gasteiger partial charge is 0.451 e. The molecule has 4 aromatic rings. The van der Waals surface area contributed by atoms with E-state index in [4.69, 9.17) is 4.42 Å². The third kappa shape index (κ3) is 4.49. The second kappa shape index (κ2) is 8.79. The minimum absolute atomic E-state index is 0.182. The summed E-state index contributed by atoms with van der Waals surface area (Å²) >= 11 is 1.43. The third-order valence-corrected chi connectivity index (χ3v) is 5.14. The molecule has 4 rings (SSSR count). The van der Waals surface area contributed by atoms with Crippen molar-refractivity contribution in [3.8, 4) is 0 Å². The van der Waals surface area contributed by atoms with Crippen LogP contribution in [0.25, 0.3) is 11.0 Å². The number of nitrogens with one attached hydrogen (secondary N) is 2. The van der Waals surface area contributed by atoms with Crippen molar-refractivity contribution in [3.63, 3.8) is 0 Å². The van der Waals surface area contributed by atoms with Crippen molar-refractivity contribution < 1.29 is 14.0 Å². The summed E-state index contributed by atoms with van der Waals surface area (Å²) in [5.74, 6) is 0.175. The predicted octanol–water partition coefficient (Wildman–Crippen LogP) is 4.73. The monoisotopic (exact) mass is 418 g/mol. The normalized spacial score (nSPS) is 10.7. The average molecular weight is 418 g/mol. The Bertz CT molecular complexity index is 1210. The highest BCUT2D eigenvalue weighted by molar-refractivity contribution is 7.98. The molecule has 0 unspecified atom stereocenters. The number of benzene rings is 2. The van der Waals surface area contributed by atoms with Gasteiger partial charge in [-0.2, -0.15) is 0 Å². The molecule has 0 saturated heterocycles. The highest BCUT2D eigenvalue weighted by atomic mass is 32.2. The number of carbonyl (C=O) groups excluding carboxylic acids is 2. The Labute approximate surface area is 176 Å². The van der Waals surface area contributed by atoms with Gasteiger partial charge in [0.1, 0.15) is 5.58 Å². The van der Waals surface area contributed by atoms with E-state index in [1.165, 1.54) is 18.7 Å². The lowest BCUT2D eigenvalue weighted by molar-refractivity contribution is -0.114. The van der Waals surface area contributed by atoms with Gasteiger partial charge in [-0.3, -0.25) is 9.59 Å². The maximum atomic E-state index is 13.0. The number of thioether (sulfide) groups is 1. The third-order valence-electron chi connectivity index (χ3n) is 4.23. The van der Waals surface area contributed by atoms with Gasteiger partial charge in [0.15, 0.2) is 10.9 Å².